The number of thiocarbonyl (C=S) groups is 1. The molecule has 0 saturated carbocycles. The number of aromatic nitrogens is 1. The third-order valence-corrected chi connectivity index (χ3v) is 5.05. The first-order valence-electron chi connectivity index (χ1n) is 8.53. The minimum Gasteiger partial charge on any atom is -0.506 e. The first-order chi connectivity index (χ1) is 12.6. The molecule has 0 saturated heterocycles. The van der Waals surface area contributed by atoms with Crippen LogP contribution < -0.4 is 10.5 Å². The second kappa shape index (κ2) is 6.98. The van der Waals surface area contributed by atoms with Crippen molar-refractivity contribution in [1.82, 2.24) is 4.57 Å². The van der Waals surface area contributed by atoms with E-state index in [1.54, 1.807) is 25.2 Å². The van der Waals surface area contributed by atoms with E-state index < -0.39 is 5.54 Å². The van der Waals surface area contributed by atoms with Crippen LogP contribution >= 0.6 is 23.8 Å². The number of anilines is 1. The van der Waals surface area contributed by atoms with Gasteiger partial charge in [-0.15, -0.1) is 0 Å². The summed E-state index contributed by atoms with van der Waals surface area (Å²) in [6.07, 6.45) is 0. The Morgan fingerprint density at radius 3 is 2.37 bits per heavy atom. The molecule has 0 spiro atoms. The van der Waals surface area contributed by atoms with Crippen LogP contribution in [0, 0.1) is 0 Å². The predicted octanol–water partition coefficient (Wildman–Crippen LogP) is 4.88. The standard InChI is InChI=1S/C21H21ClN2O2S/c1-21(2,3)24(14-8-6-5-7-9-14)20(27)17-18(25)15-12-13(22)10-11-16(15)23(4)19(17)26/h5-12,25H,1-4H3. The van der Waals surface area contributed by atoms with E-state index in [1.807, 2.05) is 56.0 Å². The van der Waals surface area contributed by atoms with Crippen molar-refractivity contribution in [2.45, 2.75) is 26.3 Å². The molecule has 0 aliphatic heterocycles. The molecule has 27 heavy (non-hydrogen) atoms. The molecule has 4 nitrogen and oxygen atoms in total. The Bertz CT molecular complexity index is 1090. The SMILES string of the molecule is Cn1c(=O)c(C(=S)N(c2ccccc2)C(C)(C)C)c(O)c2cc(Cl)ccc21. The predicted molar refractivity (Wildman–Crippen MR) is 116 cm³/mol. The van der Waals surface area contributed by atoms with Crippen LogP contribution in [0.15, 0.2) is 53.3 Å². The maximum Gasteiger partial charge on any atom is 0.264 e. The van der Waals surface area contributed by atoms with Crippen molar-refractivity contribution in [2.75, 3.05) is 4.90 Å². The zero-order valence-electron chi connectivity index (χ0n) is 15.7. The molecule has 0 unspecified atom stereocenters. The fourth-order valence-corrected chi connectivity index (χ4v) is 3.93. The van der Waals surface area contributed by atoms with Crippen LogP contribution in [0.25, 0.3) is 10.9 Å². The lowest BCUT2D eigenvalue weighted by Crippen LogP contribution is -2.47. The van der Waals surface area contributed by atoms with Gasteiger partial charge in [0.1, 0.15) is 16.3 Å². The van der Waals surface area contributed by atoms with Crippen LogP contribution in [0.2, 0.25) is 5.02 Å². The largest absolute Gasteiger partial charge is 0.506 e. The zero-order chi connectivity index (χ0) is 19.9. The lowest BCUT2D eigenvalue weighted by atomic mass is 10.0. The third-order valence-electron chi connectivity index (χ3n) is 4.43. The van der Waals surface area contributed by atoms with Gasteiger partial charge in [0.05, 0.1) is 5.52 Å². The van der Waals surface area contributed by atoms with Gasteiger partial charge < -0.3 is 14.6 Å². The summed E-state index contributed by atoms with van der Waals surface area (Å²) in [6, 6.07) is 14.6. The van der Waals surface area contributed by atoms with Gasteiger partial charge in [-0.3, -0.25) is 4.79 Å². The normalized spacial score (nSPS) is 11.6. The number of fused-ring (bicyclic) bond motifs is 1. The molecule has 6 heteroatoms. The number of nitrogens with zero attached hydrogens (tertiary/aromatic N) is 2. The summed E-state index contributed by atoms with van der Waals surface area (Å²) < 4.78 is 1.48. The molecule has 0 aliphatic carbocycles. The minimum absolute atomic E-state index is 0.0982. The Morgan fingerprint density at radius 1 is 1.15 bits per heavy atom. The van der Waals surface area contributed by atoms with Crippen molar-refractivity contribution in [3.63, 3.8) is 0 Å². The third kappa shape index (κ3) is 3.45. The van der Waals surface area contributed by atoms with Crippen LogP contribution in [0.1, 0.15) is 26.3 Å². The van der Waals surface area contributed by atoms with Crippen LogP contribution in [-0.2, 0) is 7.05 Å². The van der Waals surface area contributed by atoms with E-state index in [0.29, 0.717) is 15.9 Å². The Balaban J connectivity index is 2.30. The first kappa shape index (κ1) is 19.4. The van der Waals surface area contributed by atoms with Crippen molar-refractivity contribution in [1.29, 1.82) is 0 Å². The maximum absolute atomic E-state index is 13.0. The van der Waals surface area contributed by atoms with Crippen molar-refractivity contribution in [3.8, 4) is 5.75 Å². The molecule has 0 fully saturated rings. The van der Waals surface area contributed by atoms with Gasteiger partial charge in [-0.05, 0) is 51.1 Å². The van der Waals surface area contributed by atoms with Crippen LogP contribution in [0.3, 0.4) is 0 Å². The average Bonchev–Trinajstić information content (AvgIpc) is 2.60. The van der Waals surface area contributed by atoms with Gasteiger partial charge in [0.2, 0.25) is 0 Å². The van der Waals surface area contributed by atoms with Crippen molar-refractivity contribution < 1.29 is 5.11 Å². The van der Waals surface area contributed by atoms with Gasteiger partial charge in [-0.1, -0.05) is 42.0 Å². The number of benzene rings is 2. The molecule has 0 radical (unpaired) electrons. The van der Waals surface area contributed by atoms with E-state index in [4.69, 9.17) is 23.8 Å². The number of aryl methyl sites for hydroxylation is 1. The van der Waals surface area contributed by atoms with E-state index in [2.05, 4.69) is 0 Å². The molecule has 0 aliphatic rings. The molecule has 3 rings (SSSR count). The summed E-state index contributed by atoms with van der Waals surface area (Å²) in [5, 5.41) is 11.9. The summed E-state index contributed by atoms with van der Waals surface area (Å²) in [4.78, 5) is 15.2. The number of hydrogen-bond donors (Lipinski definition) is 1. The molecular formula is C21H21ClN2O2S. The second-order valence-electron chi connectivity index (χ2n) is 7.40. The topological polar surface area (TPSA) is 45.5 Å². The van der Waals surface area contributed by atoms with Crippen LogP contribution in [-0.4, -0.2) is 20.2 Å². The molecule has 0 bridgehead atoms. The lowest BCUT2D eigenvalue weighted by Gasteiger charge is -2.38. The molecule has 1 heterocycles. The smallest absolute Gasteiger partial charge is 0.264 e. The Morgan fingerprint density at radius 2 is 1.78 bits per heavy atom. The van der Waals surface area contributed by atoms with Gasteiger partial charge >= 0.3 is 0 Å². The monoisotopic (exact) mass is 400 g/mol. The highest BCUT2D eigenvalue weighted by molar-refractivity contribution is 7.81. The minimum atomic E-state index is -0.404. The summed E-state index contributed by atoms with van der Waals surface area (Å²) in [7, 11) is 1.66. The molecule has 1 aromatic heterocycles. The highest BCUT2D eigenvalue weighted by Gasteiger charge is 2.30. The lowest BCUT2D eigenvalue weighted by molar-refractivity contribution is 0.477. The number of hydrogen-bond acceptors (Lipinski definition) is 3. The van der Waals surface area contributed by atoms with Crippen molar-refractivity contribution >= 4 is 45.4 Å². The van der Waals surface area contributed by atoms with E-state index >= 15 is 0 Å². The van der Waals surface area contributed by atoms with Gasteiger partial charge in [0.15, 0.2) is 0 Å². The molecule has 140 valence electrons. The maximum atomic E-state index is 13.0. The Kier molecular flexibility index (Phi) is 5.02. The van der Waals surface area contributed by atoms with Gasteiger partial charge in [0, 0.05) is 28.7 Å². The number of pyridine rings is 1. The van der Waals surface area contributed by atoms with E-state index in [9.17, 15) is 9.90 Å². The van der Waals surface area contributed by atoms with E-state index in [0.717, 1.165) is 5.69 Å². The van der Waals surface area contributed by atoms with Crippen LogP contribution in [0.5, 0.6) is 5.75 Å². The summed E-state index contributed by atoms with van der Waals surface area (Å²) in [5.41, 5.74) is 0.788. The number of rotatable bonds is 2. The summed E-state index contributed by atoms with van der Waals surface area (Å²) >= 11 is 11.8. The number of halogens is 1. The molecule has 2 aromatic carbocycles. The van der Waals surface area contributed by atoms with Gasteiger partial charge in [0.25, 0.3) is 5.56 Å². The van der Waals surface area contributed by atoms with Crippen LogP contribution in [0.4, 0.5) is 5.69 Å². The molecule has 0 amide bonds. The van der Waals surface area contributed by atoms with Crippen molar-refractivity contribution in [2.24, 2.45) is 7.05 Å². The fourth-order valence-electron chi connectivity index (χ4n) is 3.19. The zero-order valence-corrected chi connectivity index (χ0v) is 17.2. The fraction of sp³-hybridized carbons (Fsp3) is 0.238. The van der Waals surface area contributed by atoms with E-state index in [1.165, 1.54) is 4.57 Å². The van der Waals surface area contributed by atoms with Gasteiger partial charge in [-0.2, -0.15) is 0 Å². The van der Waals surface area contributed by atoms with E-state index in [-0.39, 0.29) is 21.9 Å². The van der Waals surface area contributed by atoms with Crippen molar-refractivity contribution in [3.05, 3.63) is 69.5 Å². The number of aromatic hydroxyl groups is 1. The van der Waals surface area contributed by atoms with Gasteiger partial charge in [-0.25, -0.2) is 0 Å². The quantitative estimate of drug-likeness (QED) is 0.623. The second-order valence-corrected chi connectivity index (χ2v) is 8.22. The average molecular weight is 401 g/mol. The molecule has 1 N–H and O–H groups in total. The number of para-hydroxylation sites is 1. The summed E-state index contributed by atoms with van der Waals surface area (Å²) in [5.74, 6) is -0.147. The Labute approximate surface area is 168 Å². The highest BCUT2D eigenvalue weighted by Crippen LogP contribution is 2.32. The molecular weight excluding hydrogens is 380 g/mol. The Hall–Kier alpha value is -2.37. The molecule has 3 aromatic rings. The summed E-state index contributed by atoms with van der Waals surface area (Å²) in [6.45, 7) is 6.02. The highest BCUT2D eigenvalue weighted by atomic mass is 35.5. The molecule has 0 atom stereocenters. The first-order valence-corrected chi connectivity index (χ1v) is 9.32.